The summed E-state index contributed by atoms with van der Waals surface area (Å²) >= 11 is 0. The number of carboxylic acids is 1. The first kappa shape index (κ1) is 12.9. The molecule has 0 aromatic carbocycles. The van der Waals surface area contributed by atoms with Crippen molar-refractivity contribution in [1.82, 2.24) is 4.90 Å². The van der Waals surface area contributed by atoms with Crippen molar-refractivity contribution in [2.75, 3.05) is 13.1 Å². The van der Waals surface area contributed by atoms with Gasteiger partial charge in [0, 0.05) is 6.54 Å². The minimum Gasteiger partial charge on any atom is -0.480 e. The van der Waals surface area contributed by atoms with Crippen LogP contribution >= 0.6 is 0 Å². The summed E-state index contributed by atoms with van der Waals surface area (Å²) in [5, 5.41) is 8.54. The second-order valence-corrected chi connectivity index (χ2v) is 3.14. The van der Waals surface area contributed by atoms with Gasteiger partial charge < -0.3 is 15.7 Å². The van der Waals surface area contributed by atoms with E-state index in [0.29, 0.717) is 13.0 Å². The molecule has 0 saturated heterocycles. The summed E-state index contributed by atoms with van der Waals surface area (Å²) in [6, 6.07) is -0.570. The number of carbonyl (C=O) groups is 2. The van der Waals surface area contributed by atoms with Crippen molar-refractivity contribution in [3.8, 4) is 0 Å². The van der Waals surface area contributed by atoms with Gasteiger partial charge in [0.25, 0.3) is 0 Å². The van der Waals surface area contributed by atoms with Crippen LogP contribution in [0.5, 0.6) is 0 Å². The van der Waals surface area contributed by atoms with Crippen LogP contribution in [0, 0.1) is 0 Å². The Labute approximate surface area is 83.9 Å². The van der Waals surface area contributed by atoms with Crippen molar-refractivity contribution in [2.24, 2.45) is 5.73 Å². The average molecular weight is 202 g/mol. The van der Waals surface area contributed by atoms with E-state index in [9.17, 15) is 9.59 Å². The van der Waals surface area contributed by atoms with E-state index >= 15 is 0 Å². The Morgan fingerprint density at radius 2 is 2.00 bits per heavy atom. The van der Waals surface area contributed by atoms with Gasteiger partial charge in [-0.25, -0.2) is 0 Å². The third-order valence-electron chi connectivity index (χ3n) is 1.94. The lowest BCUT2D eigenvalue weighted by Gasteiger charge is -2.22. The molecular weight excluding hydrogens is 184 g/mol. The number of aliphatic carboxylic acids is 1. The monoisotopic (exact) mass is 202 g/mol. The molecule has 0 radical (unpaired) electrons. The molecule has 1 unspecified atom stereocenters. The molecule has 0 aromatic rings. The summed E-state index contributed by atoms with van der Waals surface area (Å²) in [6.07, 6.45) is 1.41. The van der Waals surface area contributed by atoms with Crippen LogP contribution in [-0.2, 0) is 9.59 Å². The maximum atomic E-state index is 11.5. The molecule has 0 aromatic heterocycles. The second-order valence-electron chi connectivity index (χ2n) is 3.14. The van der Waals surface area contributed by atoms with Gasteiger partial charge in [-0.05, 0) is 13.3 Å². The highest BCUT2D eigenvalue weighted by Gasteiger charge is 2.20. The fourth-order valence-electron chi connectivity index (χ4n) is 1.18. The summed E-state index contributed by atoms with van der Waals surface area (Å²) in [6.45, 7) is 3.77. The summed E-state index contributed by atoms with van der Waals surface area (Å²) in [5.41, 5.74) is 5.60. The number of carbonyl (C=O) groups excluding carboxylic acids is 1. The summed E-state index contributed by atoms with van der Waals surface area (Å²) in [7, 11) is 0. The molecule has 14 heavy (non-hydrogen) atoms. The molecule has 0 fully saturated rings. The molecule has 1 atom stereocenters. The van der Waals surface area contributed by atoms with E-state index in [0.717, 1.165) is 6.42 Å². The number of nitrogens with two attached hydrogens (primary N) is 1. The predicted molar refractivity (Wildman–Crippen MR) is 52.8 cm³/mol. The standard InChI is InChI=1S/C9H18N2O3/c1-3-5-7(10)9(14)11(4-2)6-8(12)13/h7H,3-6,10H2,1-2H3,(H,12,13). The maximum Gasteiger partial charge on any atom is 0.323 e. The van der Waals surface area contributed by atoms with Gasteiger partial charge in [0.05, 0.1) is 6.04 Å². The molecule has 0 bridgehead atoms. The molecule has 0 saturated carbocycles. The summed E-state index contributed by atoms with van der Waals surface area (Å²) < 4.78 is 0. The number of amides is 1. The number of rotatable bonds is 6. The lowest BCUT2D eigenvalue weighted by molar-refractivity contribution is -0.144. The van der Waals surface area contributed by atoms with Crippen LogP contribution in [-0.4, -0.2) is 41.0 Å². The molecule has 82 valence electrons. The van der Waals surface area contributed by atoms with Crippen LogP contribution < -0.4 is 5.73 Å². The first-order chi connectivity index (χ1) is 6.52. The lowest BCUT2D eigenvalue weighted by Crippen LogP contribution is -2.45. The number of hydrogen-bond acceptors (Lipinski definition) is 3. The van der Waals surface area contributed by atoms with Gasteiger partial charge in [0.1, 0.15) is 6.54 Å². The average Bonchev–Trinajstić information content (AvgIpc) is 2.13. The minimum atomic E-state index is -1.01. The Balaban J connectivity index is 4.22. The molecule has 0 rings (SSSR count). The number of carboxylic acid groups (broad SMARTS) is 1. The van der Waals surface area contributed by atoms with E-state index in [2.05, 4.69) is 0 Å². The fraction of sp³-hybridized carbons (Fsp3) is 0.778. The van der Waals surface area contributed by atoms with E-state index < -0.39 is 12.0 Å². The number of nitrogens with zero attached hydrogens (tertiary/aromatic N) is 1. The lowest BCUT2D eigenvalue weighted by atomic mass is 10.1. The van der Waals surface area contributed by atoms with E-state index in [1.54, 1.807) is 6.92 Å². The zero-order valence-electron chi connectivity index (χ0n) is 8.69. The maximum absolute atomic E-state index is 11.5. The first-order valence-electron chi connectivity index (χ1n) is 4.79. The highest BCUT2D eigenvalue weighted by Crippen LogP contribution is 1.99. The molecule has 0 aliphatic rings. The summed E-state index contributed by atoms with van der Waals surface area (Å²) in [4.78, 5) is 23.2. The van der Waals surface area contributed by atoms with Gasteiger partial charge in [-0.15, -0.1) is 0 Å². The Morgan fingerprint density at radius 3 is 2.36 bits per heavy atom. The largest absolute Gasteiger partial charge is 0.480 e. The van der Waals surface area contributed by atoms with Gasteiger partial charge in [0.15, 0.2) is 0 Å². The van der Waals surface area contributed by atoms with E-state index in [1.165, 1.54) is 4.90 Å². The molecule has 0 aliphatic carbocycles. The van der Waals surface area contributed by atoms with Gasteiger partial charge in [-0.1, -0.05) is 13.3 Å². The zero-order chi connectivity index (χ0) is 11.1. The third kappa shape index (κ3) is 4.23. The Morgan fingerprint density at radius 1 is 1.43 bits per heavy atom. The molecule has 5 nitrogen and oxygen atoms in total. The smallest absolute Gasteiger partial charge is 0.323 e. The van der Waals surface area contributed by atoms with Crippen molar-refractivity contribution in [1.29, 1.82) is 0 Å². The van der Waals surface area contributed by atoms with Crippen LogP contribution in [0.15, 0.2) is 0 Å². The van der Waals surface area contributed by atoms with Crippen molar-refractivity contribution in [3.63, 3.8) is 0 Å². The summed E-state index contributed by atoms with van der Waals surface area (Å²) in [5.74, 6) is -1.29. The van der Waals surface area contributed by atoms with Crippen LogP contribution in [0.2, 0.25) is 0 Å². The van der Waals surface area contributed by atoms with Crippen LogP contribution in [0.25, 0.3) is 0 Å². The molecule has 0 heterocycles. The quantitative estimate of drug-likeness (QED) is 0.637. The Kier molecular flexibility index (Phi) is 5.87. The topological polar surface area (TPSA) is 83.6 Å². The number of likely N-dealkylation sites (N-methyl/N-ethyl adjacent to an activating group) is 1. The normalized spacial score (nSPS) is 12.2. The van der Waals surface area contributed by atoms with E-state index in [4.69, 9.17) is 10.8 Å². The third-order valence-corrected chi connectivity index (χ3v) is 1.94. The predicted octanol–water partition coefficient (Wildman–Crippen LogP) is 0.0469. The highest BCUT2D eigenvalue weighted by molar-refractivity contribution is 5.85. The van der Waals surface area contributed by atoms with Crippen LogP contribution in [0.3, 0.4) is 0 Å². The molecule has 5 heteroatoms. The van der Waals surface area contributed by atoms with Gasteiger partial charge in [-0.3, -0.25) is 9.59 Å². The van der Waals surface area contributed by atoms with Gasteiger partial charge in [-0.2, -0.15) is 0 Å². The highest BCUT2D eigenvalue weighted by atomic mass is 16.4. The SMILES string of the molecule is CCCC(N)C(=O)N(CC)CC(=O)O. The minimum absolute atomic E-state index is 0.271. The zero-order valence-corrected chi connectivity index (χ0v) is 8.69. The first-order valence-corrected chi connectivity index (χ1v) is 4.79. The van der Waals surface area contributed by atoms with Crippen molar-refractivity contribution in [3.05, 3.63) is 0 Å². The van der Waals surface area contributed by atoms with Crippen molar-refractivity contribution >= 4 is 11.9 Å². The van der Waals surface area contributed by atoms with Crippen LogP contribution in [0.1, 0.15) is 26.7 Å². The van der Waals surface area contributed by atoms with Crippen molar-refractivity contribution in [2.45, 2.75) is 32.7 Å². The molecule has 0 spiro atoms. The van der Waals surface area contributed by atoms with Gasteiger partial charge in [0.2, 0.25) is 5.91 Å². The van der Waals surface area contributed by atoms with Crippen LogP contribution in [0.4, 0.5) is 0 Å². The Bertz CT molecular complexity index is 206. The molecular formula is C9H18N2O3. The molecule has 1 amide bonds. The van der Waals surface area contributed by atoms with E-state index in [1.807, 2.05) is 6.92 Å². The van der Waals surface area contributed by atoms with E-state index in [-0.39, 0.29) is 12.5 Å². The molecule has 0 aliphatic heterocycles. The fourth-order valence-corrected chi connectivity index (χ4v) is 1.18. The van der Waals surface area contributed by atoms with Gasteiger partial charge >= 0.3 is 5.97 Å². The second kappa shape index (κ2) is 6.37. The Hall–Kier alpha value is -1.10. The molecule has 3 N–H and O–H groups in total. The van der Waals surface area contributed by atoms with Crippen molar-refractivity contribution < 1.29 is 14.7 Å². The number of hydrogen-bond donors (Lipinski definition) is 2.